The summed E-state index contributed by atoms with van der Waals surface area (Å²) < 4.78 is 5.43. The number of hydrogen-bond donors (Lipinski definition) is 1. The van der Waals surface area contributed by atoms with Crippen LogP contribution < -0.4 is 5.32 Å². The number of carbonyl (C=O) groups is 1. The molecule has 1 atom stereocenters. The van der Waals surface area contributed by atoms with Crippen molar-refractivity contribution < 1.29 is 9.53 Å². The van der Waals surface area contributed by atoms with Crippen molar-refractivity contribution in [3.8, 4) is 0 Å². The van der Waals surface area contributed by atoms with E-state index in [1.165, 1.54) is 5.56 Å². The van der Waals surface area contributed by atoms with Crippen molar-refractivity contribution in [2.24, 2.45) is 0 Å². The number of nitrogens with one attached hydrogen (secondary N) is 1. The van der Waals surface area contributed by atoms with E-state index >= 15 is 0 Å². The molecule has 104 valence electrons. The molecule has 0 saturated carbocycles. The zero-order valence-electron chi connectivity index (χ0n) is 12.1. The summed E-state index contributed by atoms with van der Waals surface area (Å²) in [5.74, 6) is 0.122. The van der Waals surface area contributed by atoms with E-state index in [2.05, 4.69) is 30.4 Å². The van der Waals surface area contributed by atoms with Crippen LogP contribution >= 0.6 is 0 Å². The first kappa shape index (κ1) is 14.0. The van der Waals surface area contributed by atoms with Gasteiger partial charge in [-0.25, -0.2) is 0 Å². The van der Waals surface area contributed by atoms with Crippen molar-refractivity contribution in [1.82, 2.24) is 10.2 Å². The van der Waals surface area contributed by atoms with Crippen LogP contribution in [0.3, 0.4) is 0 Å². The molecule has 1 unspecified atom stereocenters. The van der Waals surface area contributed by atoms with E-state index in [0.717, 1.165) is 5.56 Å². The van der Waals surface area contributed by atoms with Gasteiger partial charge in [-0.3, -0.25) is 10.1 Å². The molecule has 1 saturated heterocycles. The molecule has 4 nitrogen and oxygen atoms in total. The lowest BCUT2D eigenvalue weighted by Gasteiger charge is -2.32. The number of methoxy groups -OCH3 is 1. The Balaban J connectivity index is 2.22. The van der Waals surface area contributed by atoms with Crippen LogP contribution in [0.15, 0.2) is 24.3 Å². The van der Waals surface area contributed by atoms with Gasteiger partial charge in [-0.1, -0.05) is 29.8 Å². The molecule has 1 aromatic carbocycles. The average molecular weight is 262 g/mol. The van der Waals surface area contributed by atoms with Gasteiger partial charge in [-0.05, 0) is 26.3 Å². The van der Waals surface area contributed by atoms with E-state index in [0.29, 0.717) is 13.1 Å². The molecule has 1 aromatic rings. The van der Waals surface area contributed by atoms with Crippen LogP contribution in [0.2, 0.25) is 0 Å². The first-order valence-electron chi connectivity index (χ1n) is 6.57. The van der Waals surface area contributed by atoms with Gasteiger partial charge >= 0.3 is 0 Å². The van der Waals surface area contributed by atoms with Gasteiger partial charge in [-0.2, -0.15) is 0 Å². The maximum Gasteiger partial charge on any atom is 0.238 e. The average Bonchev–Trinajstić information content (AvgIpc) is 2.71. The second-order valence-electron chi connectivity index (χ2n) is 5.68. The molecule has 0 bridgehead atoms. The molecular weight excluding hydrogens is 240 g/mol. The van der Waals surface area contributed by atoms with Gasteiger partial charge in [0.1, 0.15) is 6.17 Å². The number of carbonyl (C=O) groups excluding carboxylic acids is 1. The second kappa shape index (κ2) is 5.31. The predicted molar refractivity (Wildman–Crippen MR) is 74.7 cm³/mol. The lowest BCUT2D eigenvalue weighted by Crippen LogP contribution is -2.42. The van der Waals surface area contributed by atoms with Gasteiger partial charge in [0.25, 0.3) is 0 Å². The molecule has 2 rings (SSSR count). The molecule has 1 aliphatic rings. The van der Waals surface area contributed by atoms with E-state index in [-0.39, 0.29) is 17.7 Å². The third-order valence-corrected chi connectivity index (χ3v) is 3.54. The minimum atomic E-state index is -0.343. The number of benzene rings is 1. The molecule has 0 aromatic heterocycles. The lowest BCUT2D eigenvalue weighted by atomic mass is 10.1. The van der Waals surface area contributed by atoms with Crippen LogP contribution in [-0.2, 0) is 9.53 Å². The number of nitrogens with zero attached hydrogens (tertiary/aromatic N) is 1. The van der Waals surface area contributed by atoms with Crippen LogP contribution in [0.4, 0.5) is 0 Å². The normalized spacial score (nSPS) is 20.1. The highest BCUT2D eigenvalue weighted by Crippen LogP contribution is 2.25. The molecule has 0 aliphatic carbocycles. The molecule has 4 heteroatoms. The largest absolute Gasteiger partial charge is 0.377 e. The summed E-state index contributed by atoms with van der Waals surface area (Å²) in [6.45, 7) is 7.01. The molecule has 1 heterocycles. The summed E-state index contributed by atoms with van der Waals surface area (Å²) in [6.07, 6.45) is -0.0539. The molecule has 0 spiro atoms. The quantitative estimate of drug-likeness (QED) is 0.900. The monoisotopic (exact) mass is 262 g/mol. The number of aryl methyl sites for hydroxylation is 1. The summed E-state index contributed by atoms with van der Waals surface area (Å²) in [7, 11) is 1.68. The van der Waals surface area contributed by atoms with Crippen LogP contribution in [0, 0.1) is 6.92 Å². The molecule has 1 amide bonds. The lowest BCUT2D eigenvalue weighted by molar-refractivity contribution is -0.131. The Morgan fingerprint density at radius 3 is 2.84 bits per heavy atom. The van der Waals surface area contributed by atoms with Gasteiger partial charge in [0.05, 0.1) is 18.7 Å². The molecule has 19 heavy (non-hydrogen) atoms. The fourth-order valence-electron chi connectivity index (χ4n) is 2.33. The molecule has 0 radical (unpaired) electrons. The number of rotatable bonds is 4. The smallest absolute Gasteiger partial charge is 0.238 e. The second-order valence-corrected chi connectivity index (χ2v) is 5.68. The standard InChI is InChI=1S/C15H22N2O2/c1-11-6-5-7-12(8-11)14-16-9-13(18)17(14)10-15(2,3)19-4/h5-8,14,16H,9-10H2,1-4H3. The van der Waals surface area contributed by atoms with Gasteiger partial charge < -0.3 is 9.64 Å². The summed E-state index contributed by atoms with van der Waals surface area (Å²) in [4.78, 5) is 13.9. The van der Waals surface area contributed by atoms with Crippen molar-refractivity contribution in [3.05, 3.63) is 35.4 Å². The summed E-state index contributed by atoms with van der Waals surface area (Å²) in [5, 5.41) is 3.27. The molecule has 1 fully saturated rings. The van der Waals surface area contributed by atoms with Crippen LogP contribution in [0.25, 0.3) is 0 Å². The summed E-state index contributed by atoms with van der Waals surface area (Å²) in [6, 6.07) is 8.25. The highest BCUT2D eigenvalue weighted by Gasteiger charge is 2.35. The van der Waals surface area contributed by atoms with Crippen molar-refractivity contribution >= 4 is 5.91 Å². The van der Waals surface area contributed by atoms with Crippen LogP contribution in [-0.4, -0.2) is 36.6 Å². The Morgan fingerprint density at radius 2 is 2.21 bits per heavy atom. The molecular formula is C15H22N2O2. The first-order valence-corrected chi connectivity index (χ1v) is 6.57. The minimum Gasteiger partial charge on any atom is -0.377 e. The topological polar surface area (TPSA) is 41.6 Å². The molecule has 1 aliphatic heterocycles. The van der Waals surface area contributed by atoms with Crippen LogP contribution in [0.5, 0.6) is 0 Å². The Labute approximate surface area is 114 Å². The van der Waals surface area contributed by atoms with E-state index in [1.54, 1.807) is 7.11 Å². The zero-order chi connectivity index (χ0) is 14.0. The highest BCUT2D eigenvalue weighted by atomic mass is 16.5. The Morgan fingerprint density at radius 1 is 1.47 bits per heavy atom. The fraction of sp³-hybridized carbons (Fsp3) is 0.533. The van der Waals surface area contributed by atoms with E-state index in [1.807, 2.05) is 24.8 Å². The van der Waals surface area contributed by atoms with Gasteiger partial charge in [0, 0.05) is 7.11 Å². The molecule has 1 N–H and O–H groups in total. The Bertz CT molecular complexity index is 471. The van der Waals surface area contributed by atoms with Crippen molar-refractivity contribution in [3.63, 3.8) is 0 Å². The summed E-state index contributed by atoms with van der Waals surface area (Å²) >= 11 is 0. The van der Waals surface area contributed by atoms with Crippen LogP contribution in [0.1, 0.15) is 31.1 Å². The fourth-order valence-corrected chi connectivity index (χ4v) is 2.33. The summed E-state index contributed by atoms with van der Waals surface area (Å²) in [5.41, 5.74) is 1.98. The SMILES string of the molecule is COC(C)(C)CN1C(=O)CNC1c1cccc(C)c1. The van der Waals surface area contributed by atoms with Crippen molar-refractivity contribution in [2.45, 2.75) is 32.5 Å². The van der Waals surface area contributed by atoms with Gasteiger partial charge in [0.15, 0.2) is 0 Å². The van der Waals surface area contributed by atoms with Crippen molar-refractivity contribution in [2.75, 3.05) is 20.2 Å². The van der Waals surface area contributed by atoms with Crippen molar-refractivity contribution in [1.29, 1.82) is 0 Å². The minimum absolute atomic E-state index is 0.0539. The highest BCUT2D eigenvalue weighted by molar-refractivity contribution is 5.81. The van der Waals surface area contributed by atoms with Gasteiger partial charge in [-0.15, -0.1) is 0 Å². The Hall–Kier alpha value is -1.39. The number of ether oxygens (including phenoxy) is 1. The van der Waals surface area contributed by atoms with E-state index in [4.69, 9.17) is 4.74 Å². The number of hydrogen-bond acceptors (Lipinski definition) is 3. The van der Waals surface area contributed by atoms with E-state index in [9.17, 15) is 4.79 Å². The van der Waals surface area contributed by atoms with Gasteiger partial charge in [0.2, 0.25) is 5.91 Å². The maximum absolute atomic E-state index is 12.0. The first-order chi connectivity index (χ1) is 8.93. The maximum atomic E-state index is 12.0. The van der Waals surface area contributed by atoms with E-state index < -0.39 is 0 Å². The third kappa shape index (κ3) is 3.14. The number of amides is 1. The third-order valence-electron chi connectivity index (χ3n) is 3.54. The zero-order valence-corrected chi connectivity index (χ0v) is 12.1. The predicted octanol–water partition coefficient (Wildman–Crippen LogP) is 1.85. The Kier molecular flexibility index (Phi) is 3.92.